The number of nitrogens with one attached hydrogen (secondary N) is 1. The number of allylic oxidation sites excluding steroid dienone is 1. The highest BCUT2D eigenvalue weighted by Crippen LogP contribution is 2.27. The molecule has 1 saturated heterocycles. The summed E-state index contributed by atoms with van der Waals surface area (Å²) in [6, 6.07) is 7.10. The highest BCUT2D eigenvalue weighted by Gasteiger charge is 2.38. The minimum absolute atomic E-state index is 0.0942. The summed E-state index contributed by atoms with van der Waals surface area (Å²) in [7, 11) is -3.45. The van der Waals surface area contributed by atoms with Crippen LogP contribution in [0.5, 0.6) is 0 Å². The number of amides is 1. The van der Waals surface area contributed by atoms with Crippen molar-refractivity contribution in [2.24, 2.45) is 17.8 Å². The fourth-order valence-electron chi connectivity index (χ4n) is 3.94. The molecule has 0 aliphatic carbocycles. The van der Waals surface area contributed by atoms with Crippen LogP contribution in [0, 0.1) is 17.8 Å². The number of hydrogen-bond donors (Lipinski definition) is 1. The maximum atomic E-state index is 12.8. The number of fused-ring (bicyclic) bond motifs is 2. The van der Waals surface area contributed by atoms with Crippen LogP contribution in [0.25, 0.3) is 6.08 Å². The van der Waals surface area contributed by atoms with Gasteiger partial charge in [0.1, 0.15) is 6.10 Å². The standard InChI is InChI=1S/C22H29NO5S/c1-14-7-8-17-5-4-6-18(11-17)13-29(26,27)12-16(3)21(24)23-19(9-14)20-10-15(2)22(25)28-20/h4-8,11,14-16,19-20H,9-10,12-13H2,1-3H3,(H,23,24)/t14-,15-,16-,19+,20+/m1/s1. The van der Waals surface area contributed by atoms with Gasteiger partial charge in [-0.25, -0.2) is 8.42 Å². The van der Waals surface area contributed by atoms with Crippen molar-refractivity contribution in [3.63, 3.8) is 0 Å². The van der Waals surface area contributed by atoms with Gasteiger partial charge in [-0.15, -0.1) is 0 Å². The molecule has 0 spiro atoms. The molecule has 2 aliphatic heterocycles. The van der Waals surface area contributed by atoms with Crippen LogP contribution < -0.4 is 5.32 Å². The first-order valence-corrected chi connectivity index (χ1v) is 11.9. The first-order valence-electron chi connectivity index (χ1n) is 10.1. The van der Waals surface area contributed by atoms with E-state index in [-0.39, 0.29) is 41.3 Å². The molecule has 1 N–H and O–H groups in total. The van der Waals surface area contributed by atoms with Crippen LogP contribution in [0.15, 0.2) is 30.3 Å². The predicted molar refractivity (Wildman–Crippen MR) is 112 cm³/mol. The van der Waals surface area contributed by atoms with E-state index in [1.54, 1.807) is 13.0 Å². The van der Waals surface area contributed by atoms with Crippen LogP contribution >= 0.6 is 0 Å². The van der Waals surface area contributed by atoms with E-state index in [9.17, 15) is 18.0 Å². The summed E-state index contributed by atoms with van der Waals surface area (Å²) in [5.74, 6) is -1.63. The third-order valence-corrected chi connectivity index (χ3v) is 7.35. The fraction of sp³-hybridized carbons (Fsp3) is 0.545. The Labute approximate surface area is 172 Å². The van der Waals surface area contributed by atoms with Crippen molar-refractivity contribution in [2.45, 2.75) is 51.5 Å². The molecule has 0 saturated carbocycles. The molecule has 5 atom stereocenters. The number of sulfone groups is 1. The number of carbonyl (C=O) groups excluding carboxylic acids is 2. The maximum absolute atomic E-state index is 12.8. The molecule has 1 amide bonds. The largest absolute Gasteiger partial charge is 0.460 e. The van der Waals surface area contributed by atoms with E-state index in [4.69, 9.17) is 4.74 Å². The Morgan fingerprint density at radius 2 is 1.83 bits per heavy atom. The van der Waals surface area contributed by atoms with Crippen LogP contribution in [0.1, 0.15) is 44.7 Å². The minimum Gasteiger partial charge on any atom is -0.460 e. The van der Waals surface area contributed by atoms with Crippen LogP contribution in [-0.4, -0.2) is 38.2 Å². The first-order chi connectivity index (χ1) is 13.6. The Kier molecular flexibility index (Phi) is 6.46. The molecule has 2 heterocycles. The van der Waals surface area contributed by atoms with Gasteiger partial charge in [-0.05, 0) is 29.9 Å². The zero-order chi connectivity index (χ0) is 21.2. The van der Waals surface area contributed by atoms with E-state index in [1.165, 1.54) is 0 Å². The summed E-state index contributed by atoms with van der Waals surface area (Å²) in [6.07, 6.45) is 4.78. The first kappa shape index (κ1) is 21.6. The van der Waals surface area contributed by atoms with Crippen LogP contribution in [0.4, 0.5) is 0 Å². The molecule has 1 aromatic rings. The van der Waals surface area contributed by atoms with Gasteiger partial charge in [0, 0.05) is 5.92 Å². The number of benzene rings is 1. The van der Waals surface area contributed by atoms with Crippen molar-refractivity contribution in [1.82, 2.24) is 5.32 Å². The molecule has 0 aromatic heterocycles. The smallest absolute Gasteiger partial charge is 0.309 e. The van der Waals surface area contributed by atoms with Gasteiger partial charge in [-0.1, -0.05) is 57.2 Å². The predicted octanol–water partition coefficient (Wildman–Crippen LogP) is 2.73. The summed E-state index contributed by atoms with van der Waals surface area (Å²) in [4.78, 5) is 24.6. The second kappa shape index (κ2) is 8.69. The lowest BCUT2D eigenvalue weighted by molar-refractivity contribution is -0.145. The van der Waals surface area contributed by atoms with Gasteiger partial charge in [0.25, 0.3) is 0 Å². The molecule has 158 valence electrons. The van der Waals surface area contributed by atoms with Gasteiger partial charge < -0.3 is 10.1 Å². The third-order valence-electron chi connectivity index (χ3n) is 5.56. The summed E-state index contributed by atoms with van der Waals surface area (Å²) in [5.41, 5.74) is 1.66. The molecule has 7 heteroatoms. The minimum atomic E-state index is -3.45. The van der Waals surface area contributed by atoms with Crippen molar-refractivity contribution in [3.8, 4) is 0 Å². The second-order valence-corrected chi connectivity index (χ2v) is 10.6. The van der Waals surface area contributed by atoms with E-state index in [0.29, 0.717) is 18.4 Å². The van der Waals surface area contributed by atoms with E-state index in [2.05, 4.69) is 12.2 Å². The Hall–Kier alpha value is -2.15. The summed E-state index contributed by atoms with van der Waals surface area (Å²) in [5, 5.41) is 2.96. The highest BCUT2D eigenvalue weighted by molar-refractivity contribution is 7.90. The average Bonchev–Trinajstić information content (AvgIpc) is 2.97. The number of rotatable bonds is 1. The Morgan fingerprint density at radius 1 is 1.07 bits per heavy atom. The molecule has 3 rings (SSSR count). The Balaban J connectivity index is 1.90. The number of esters is 1. The summed E-state index contributed by atoms with van der Waals surface area (Å²) in [6.45, 7) is 5.50. The van der Waals surface area contributed by atoms with Crippen molar-refractivity contribution in [3.05, 3.63) is 41.5 Å². The molecule has 1 aromatic carbocycles. The lowest BCUT2D eigenvalue weighted by Crippen LogP contribution is -2.47. The van der Waals surface area contributed by atoms with Crippen molar-refractivity contribution < 1.29 is 22.7 Å². The lowest BCUT2D eigenvalue weighted by Gasteiger charge is -2.27. The number of cyclic esters (lactones) is 1. The summed E-state index contributed by atoms with van der Waals surface area (Å²) >= 11 is 0. The molecule has 29 heavy (non-hydrogen) atoms. The van der Waals surface area contributed by atoms with Crippen LogP contribution in [0.2, 0.25) is 0 Å². The molecule has 2 bridgehead atoms. The van der Waals surface area contributed by atoms with Gasteiger partial charge in [-0.3, -0.25) is 9.59 Å². The molecular formula is C22H29NO5S. The van der Waals surface area contributed by atoms with Crippen LogP contribution in [-0.2, 0) is 29.9 Å². The molecular weight excluding hydrogens is 390 g/mol. The number of ether oxygens (including phenoxy) is 1. The SMILES string of the molecule is C[C@@H]1C=Cc2cccc(c2)CS(=O)(=O)C[C@@H](C)C(=O)N[C@H]([C@@H]2C[C@@H](C)C(=O)O2)C1. The van der Waals surface area contributed by atoms with Crippen molar-refractivity contribution in [2.75, 3.05) is 5.75 Å². The normalized spacial score (nSPS) is 32.9. The molecule has 1 fully saturated rings. The average molecular weight is 420 g/mol. The van der Waals surface area contributed by atoms with Crippen molar-refractivity contribution >= 4 is 27.8 Å². The third kappa shape index (κ3) is 5.69. The van der Waals surface area contributed by atoms with Gasteiger partial charge in [-0.2, -0.15) is 0 Å². The molecule has 6 nitrogen and oxygen atoms in total. The zero-order valence-electron chi connectivity index (χ0n) is 17.1. The quantitative estimate of drug-likeness (QED) is 0.707. The molecule has 0 unspecified atom stereocenters. The van der Waals surface area contributed by atoms with E-state index >= 15 is 0 Å². The van der Waals surface area contributed by atoms with E-state index < -0.39 is 21.9 Å². The second-order valence-electron chi connectivity index (χ2n) is 8.50. The van der Waals surface area contributed by atoms with Gasteiger partial charge in [0.05, 0.1) is 23.5 Å². The number of hydrogen-bond acceptors (Lipinski definition) is 5. The summed E-state index contributed by atoms with van der Waals surface area (Å²) < 4.78 is 30.7. The topological polar surface area (TPSA) is 89.5 Å². The lowest BCUT2D eigenvalue weighted by atomic mass is 9.93. The molecule has 0 radical (unpaired) electrons. The van der Waals surface area contributed by atoms with Gasteiger partial charge in [0.15, 0.2) is 9.84 Å². The highest BCUT2D eigenvalue weighted by atomic mass is 32.2. The van der Waals surface area contributed by atoms with Crippen molar-refractivity contribution in [1.29, 1.82) is 0 Å². The monoisotopic (exact) mass is 419 g/mol. The maximum Gasteiger partial charge on any atom is 0.309 e. The Morgan fingerprint density at radius 3 is 2.52 bits per heavy atom. The van der Waals surface area contributed by atoms with Crippen LogP contribution in [0.3, 0.4) is 0 Å². The molecule has 2 aliphatic rings. The zero-order valence-corrected chi connectivity index (χ0v) is 17.9. The van der Waals surface area contributed by atoms with E-state index in [1.807, 2.05) is 37.3 Å². The fourth-order valence-corrected chi connectivity index (χ4v) is 5.66. The van der Waals surface area contributed by atoms with E-state index in [0.717, 1.165) is 5.56 Å². The number of carbonyl (C=O) groups is 2. The van der Waals surface area contributed by atoms with Gasteiger partial charge in [0.2, 0.25) is 5.91 Å². The Bertz CT molecular complexity index is 908. The van der Waals surface area contributed by atoms with Gasteiger partial charge >= 0.3 is 5.97 Å².